The first-order valence-electron chi connectivity index (χ1n) is 6.63. The Kier molecular flexibility index (Phi) is 7.15. The number of hydrogen-bond donors (Lipinski definition) is 0. The van der Waals surface area contributed by atoms with E-state index in [4.69, 9.17) is 14.2 Å². The molecule has 0 aliphatic carbocycles. The van der Waals surface area contributed by atoms with E-state index in [1.807, 2.05) is 32.9 Å². The zero-order valence-corrected chi connectivity index (χ0v) is 11.8. The van der Waals surface area contributed by atoms with E-state index in [2.05, 4.69) is 0 Å². The summed E-state index contributed by atoms with van der Waals surface area (Å²) < 4.78 is 16.1. The molecule has 106 valence electrons. The molecule has 0 aromatic heterocycles. The lowest BCUT2D eigenvalue weighted by Crippen LogP contribution is -2.21. The number of benzene rings is 1. The SMILES string of the molecule is CCOCC(C)OCC(=O)c1ccccc1OCC. The summed E-state index contributed by atoms with van der Waals surface area (Å²) in [5.74, 6) is 0.531. The van der Waals surface area contributed by atoms with Gasteiger partial charge in [-0.3, -0.25) is 4.79 Å². The van der Waals surface area contributed by atoms with Gasteiger partial charge in [-0.1, -0.05) is 12.1 Å². The maximum absolute atomic E-state index is 12.1. The van der Waals surface area contributed by atoms with Crippen molar-refractivity contribution in [3.8, 4) is 5.75 Å². The summed E-state index contributed by atoms with van der Waals surface area (Å²) in [4.78, 5) is 12.1. The van der Waals surface area contributed by atoms with E-state index < -0.39 is 0 Å². The molecule has 0 radical (unpaired) electrons. The number of ketones is 1. The van der Waals surface area contributed by atoms with Gasteiger partial charge in [-0.25, -0.2) is 0 Å². The maximum Gasteiger partial charge on any atom is 0.192 e. The number of Topliss-reactive ketones (excluding diaryl/α,β-unsaturated/α-hetero) is 1. The second-order valence-corrected chi connectivity index (χ2v) is 4.13. The molecule has 1 aromatic rings. The van der Waals surface area contributed by atoms with Gasteiger partial charge in [0.2, 0.25) is 0 Å². The van der Waals surface area contributed by atoms with E-state index in [1.165, 1.54) is 0 Å². The summed E-state index contributed by atoms with van der Waals surface area (Å²) in [5.41, 5.74) is 0.563. The number of hydrogen-bond acceptors (Lipinski definition) is 4. The van der Waals surface area contributed by atoms with Crippen molar-refractivity contribution in [1.29, 1.82) is 0 Å². The predicted molar refractivity (Wildman–Crippen MR) is 73.8 cm³/mol. The summed E-state index contributed by atoms with van der Waals surface area (Å²) in [7, 11) is 0. The van der Waals surface area contributed by atoms with Crippen LogP contribution >= 0.6 is 0 Å². The summed E-state index contributed by atoms with van der Waals surface area (Å²) in [5, 5.41) is 0. The van der Waals surface area contributed by atoms with Crippen molar-refractivity contribution < 1.29 is 19.0 Å². The fourth-order valence-corrected chi connectivity index (χ4v) is 1.61. The normalized spacial score (nSPS) is 12.2. The molecule has 0 N–H and O–H groups in total. The lowest BCUT2D eigenvalue weighted by Gasteiger charge is -2.13. The smallest absolute Gasteiger partial charge is 0.192 e. The van der Waals surface area contributed by atoms with Gasteiger partial charge >= 0.3 is 0 Å². The molecule has 0 aliphatic heterocycles. The molecule has 0 bridgehead atoms. The van der Waals surface area contributed by atoms with Crippen molar-refractivity contribution in [1.82, 2.24) is 0 Å². The Morgan fingerprint density at radius 3 is 2.63 bits per heavy atom. The van der Waals surface area contributed by atoms with Crippen LogP contribution in [0.3, 0.4) is 0 Å². The monoisotopic (exact) mass is 266 g/mol. The molecule has 0 amide bonds. The number of carbonyl (C=O) groups excluding carboxylic acids is 1. The highest BCUT2D eigenvalue weighted by Crippen LogP contribution is 2.18. The van der Waals surface area contributed by atoms with Crippen molar-refractivity contribution in [2.45, 2.75) is 26.9 Å². The minimum atomic E-state index is -0.0943. The topological polar surface area (TPSA) is 44.8 Å². The Bertz CT molecular complexity index is 389. The first kappa shape index (κ1) is 15.7. The molecule has 4 nitrogen and oxygen atoms in total. The second-order valence-electron chi connectivity index (χ2n) is 4.13. The van der Waals surface area contributed by atoms with Crippen LogP contribution in [0.1, 0.15) is 31.1 Å². The van der Waals surface area contributed by atoms with Crippen LogP contribution in [0.4, 0.5) is 0 Å². The van der Waals surface area contributed by atoms with E-state index in [-0.39, 0.29) is 18.5 Å². The van der Waals surface area contributed by atoms with Crippen LogP contribution in [-0.4, -0.2) is 38.3 Å². The molecule has 1 unspecified atom stereocenters. The van der Waals surface area contributed by atoms with Crippen molar-refractivity contribution >= 4 is 5.78 Å². The van der Waals surface area contributed by atoms with E-state index in [9.17, 15) is 4.79 Å². The number of carbonyl (C=O) groups is 1. The summed E-state index contributed by atoms with van der Waals surface area (Å²) in [6.45, 7) is 7.42. The van der Waals surface area contributed by atoms with Crippen LogP contribution in [-0.2, 0) is 9.47 Å². The lowest BCUT2D eigenvalue weighted by molar-refractivity contribution is 0.00108. The van der Waals surface area contributed by atoms with Gasteiger partial charge in [-0.15, -0.1) is 0 Å². The third-order valence-corrected chi connectivity index (χ3v) is 2.54. The molecule has 1 atom stereocenters. The van der Waals surface area contributed by atoms with Crippen molar-refractivity contribution in [3.05, 3.63) is 29.8 Å². The summed E-state index contributed by atoms with van der Waals surface area (Å²) in [6, 6.07) is 7.21. The van der Waals surface area contributed by atoms with Crippen molar-refractivity contribution in [3.63, 3.8) is 0 Å². The Hall–Kier alpha value is -1.39. The van der Waals surface area contributed by atoms with E-state index in [0.717, 1.165) is 0 Å². The molecule has 19 heavy (non-hydrogen) atoms. The molecule has 1 aromatic carbocycles. The van der Waals surface area contributed by atoms with Gasteiger partial charge in [0.1, 0.15) is 12.4 Å². The average Bonchev–Trinajstić information content (AvgIpc) is 2.43. The maximum atomic E-state index is 12.1. The molecule has 0 aliphatic rings. The van der Waals surface area contributed by atoms with Crippen LogP contribution in [0.25, 0.3) is 0 Å². The Morgan fingerprint density at radius 1 is 1.21 bits per heavy atom. The lowest BCUT2D eigenvalue weighted by atomic mass is 10.1. The van der Waals surface area contributed by atoms with E-state index in [1.54, 1.807) is 12.1 Å². The molecule has 0 heterocycles. The third-order valence-electron chi connectivity index (χ3n) is 2.54. The molecular weight excluding hydrogens is 244 g/mol. The van der Waals surface area contributed by atoms with Gasteiger partial charge in [-0.2, -0.15) is 0 Å². The van der Waals surface area contributed by atoms with Gasteiger partial charge in [0.05, 0.1) is 24.9 Å². The molecule has 4 heteroatoms. The largest absolute Gasteiger partial charge is 0.493 e. The predicted octanol–water partition coefficient (Wildman–Crippen LogP) is 2.71. The van der Waals surface area contributed by atoms with Crippen LogP contribution in [0, 0.1) is 0 Å². The number of para-hydroxylation sites is 1. The fourth-order valence-electron chi connectivity index (χ4n) is 1.61. The molecule has 1 rings (SSSR count). The Labute approximate surface area is 114 Å². The van der Waals surface area contributed by atoms with Gasteiger partial charge in [0, 0.05) is 6.61 Å². The highest BCUT2D eigenvalue weighted by Gasteiger charge is 2.13. The number of ether oxygens (including phenoxy) is 3. The van der Waals surface area contributed by atoms with E-state index in [0.29, 0.717) is 31.1 Å². The highest BCUT2D eigenvalue weighted by atomic mass is 16.5. The van der Waals surface area contributed by atoms with Gasteiger partial charge in [0.15, 0.2) is 5.78 Å². The summed E-state index contributed by atoms with van der Waals surface area (Å²) in [6.07, 6.45) is -0.0943. The third kappa shape index (κ3) is 5.41. The molecule has 0 spiro atoms. The standard InChI is InChI=1S/C15H22O4/c1-4-17-10-12(3)19-11-14(16)13-8-6-7-9-15(13)18-5-2/h6-9,12H,4-5,10-11H2,1-3H3. The number of rotatable bonds is 9. The quantitative estimate of drug-likeness (QED) is 0.645. The van der Waals surface area contributed by atoms with Gasteiger partial charge in [-0.05, 0) is 32.9 Å². The molecular formula is C15H22O4. The van der Waals surface area contributed by atoms with Crippen LogP contribution in [0.5, 0.6) is 5.75 Å². The first-order chi connectivity index (χ1) is 9.19. The van der Waals surface area contributed by atoms with Gasteiger partial charge in [0.25, 0.3) is 0 Å². The highest BCUT2D eigenvalue weighted by molar-refractivity contribution is 5.99. The van der Waals surface area contributed by atoms with Crippen molar-refractivity contribution in [2.24, 2.45) is 0 Å². The second kappa shape index (κ2) is 8.67. The van der Waals surface area contributed by atoms with Crippen LogP contribution in [0.2, 0.25) is 0 Å². The molecule has 0 saturated heterocycles. The molecule has 0 saturated carbocycles. The zero-order valence-electron chi connectivity index (χ0n) is 11.8. The van der Waals surface area contributed by atoms with Crippen LogP contribution in [0.15, 0.2) is 24.3 Å². The average molecular weight is 266 g/mol. The summed E-state index contributed by atoms with van der Waals surface area (Å²) >= 11 is 0. The minimum absolute atomic E-state index is 0.0400. The van der Waals surface area contributed by atoms with E-state index >= 15 is 0 Å². The Morgan fingerprint density at radius 2 is 1.95 bits per heavy atom. The van der Waals surface area contributed by atoms with Gasteiger partial charge < -0.3 is 14.2 Å². The first-order valence-corrected chi connectivity index (χ1v) is 6.63. The minimum Gasteiger partial charge on any atom is -0.493 e. The molecule has 0 fully saturated rings. The zero-order chi connectivity index (χ0) is 14.1. The fraction of sp³-hybridized carbons (Fsp3) is 0.533. The Balaban J connectivity index is 2.53. The van der Waals surface area contributed by atoms with Crippen LogP contribution < -0.4 is 4.74 Å². The van der Waals surface area contributed by atoms with Crippen molar-refractivity contribution in [2.75, 3.05) is 26.4 Å².